The highest BCUT2D eigenvalue weighted by molar-refractivity contribution is 6.06. The molecule has 0 saturated carbocycles. The van der Waals surface area contributed by atoms with Crippen LogP contribution in [0.25, 0.3) is 11.0 Å². The van der Waals surface area contributed by atoms with Crippen LogP contribution >= 0.6 is 0 Å². The second kappa shape index (κ2) is 6.10. The Morgan fingerprint density at radius 3 is 2.90 bits per heavy atom. The molecule has 1 heterocycles. The van der Waals surface area contributed by atoms with Crippen LogP contribution in [0.1, 0.15) is 23.7 Å². The zero-order valence-electron chi connectivity index (χ0n) is 11.2. The predicted molar refractivity (Wildman–Crippen MR) is 75.8 cm³/mol. The molecule has 0 saturated heterocycles. The molecule has 106 valence electrons. The van der Waals surface area contributed by atoms with Crippen LogP contribution in [0.5, 0.6) is 0 Å². The van der Waals surface area contributed by atoms with Crippen molar-refractivity contribution in [1.82, 2.24) is 4.90 Å². The summed E-state index contributed by atoms with van der Waals surface area (Å²) >= 11 is 0. The summed E-state index contributed by atoms with van der Waals surface area (Å²) in [6.07, 6.45) is 2.22. The zero-order valence-corrected chi connectivity index (χ0v) is 11.2. The Morgan fingerprint density at radius 1 is 1.45 bits per heavy atom. The molecular weight excluding hydrogens is 258 g/mol. The number of fused-ring (bicyclic) bond motifs is 1. The van der Waals surface area contributed by atoms with Crippen LogP contribution in [-0.2, 0) is 0 Å². The first-order valence-corrected chi connectivity index (χ1v) is 6.39. The van der Waals surface area contributed by atoms with Gasteiger partial charge in [0.05, 0.1) is 12.1 Å². The van der Waals surface area contributed by atoms with E-state index in [-0.39, 0.29) is 18.3 Å². The van der Waals surface area contributed by atoms with Crippen molar-refractivity contribution < 1.29 is 14.4 Å². The maximum atomic E-state index is 12.5. The van der Waals surface area contributed by atoms with Crippen LogP contribution in [0.3, 0.4) is 0 Å². The summed E-state index contributed by atoms with van der Waals surface area (Å²) in [5.74, 6) is -0.192. The summed E-state index contributed by atoms with van der Waals surface area (Å²) in [6.45, 7) is 2.57. The highest BCUT2D eigenvalue weighted by Crippen LogP contribution is 2.22. The Bertz CT molecular complexity index is 633. The maximum Gasteiger partial charge on any atom is 0.258 e. The van der Waals surface area contributed by atoms with Crippen molar-refractivity contribution in [2.75, 3.05) is 13.1 Å². The van der Waals surface area contributed by atoms with Crippen LogP contribution in [0, 0.1) is 0 Å². The van der Waals surface area contributed by atoms with Crippen molar-refractivity contribution in [3.63, 3.8) is 0 Å². The van der Waals surface area contributed by atoms with Crippen molar-refractivity contribution in [3.05, 3.63) is 36.1 Å². The van der Waals surface area contributed by atoms with Gasteiger partial charge in [0.2, 0.25) is 0 Å². The third-order valence-corrected chi connectivity index (χ3v) is 2.97. The summed E-state index contributed by atoms with van der Waals surface area (Å²) < 4.78 is 5.37. The normalized spacial score (nSPS) is 11.8. The molecule has 3 N–H and O–H groups in total. The van der Waals surface area contributed by atoms with Gasteiger partial charge in [0.15, 0.2) is 5.84 Å². The van der Waals surface area contributed by atoms with Crippen molar-refractivity contribution in [1.29, 1.82) is 0 Å². The molecular formula is C14H17N3O3. The quantitative estimate of drug-likeness (QED) is 0.378. The molecule has 1 aromatic heterocycles. The molecule has 0 spiro atoms. The minimum absolute atomic E-state index is 0.000370. The van der Waals surface area contributed by atoms with Crippen LogP contribution in [0.4, 0.5) is 0 Å². The first-order chi connectivity index (χ1) is 9.67. The average Bonchev–Trinajstić information content (AvgIpc) is 2.89. The summed E-state index contributed by atoms with van der Waals surface area (Å²) in [5, 5.41) is 12.3. The molecule has 0 aliphatic heterocycles. The fourth-order valence-electron chi connectivity index (χ4n) is 2.06. The second-order valence-corrected chi connectivity index (χ2v) is 4.46. The third kappa shape index (κ3) is 2.74. The number of carbonyl (C=O) groups excluding carboxylic acids is 1. The third-order valence-electron chi connectivity index (χ3n) is 2.97. The fraction of sp³-hybridized carbons (Fsp3) is 0.286. The van der Waals surface area contributed by atoms with E-state index in [1.165, 1.54) is 11.2 Å². The Balaban J connectivity index is 2.31. The van der Waals surface area contributed by atoms with Gasteiger partial charge in [0.1, 0.15) is 11.8 Å². The number of nitrogens with zero attached hydrogens (tertiary/aromatic N) is 2. The Labute approximate surface area is 116 Å². The van der Waals surface area contributed by atoms with Crippen LogP contribution in [0.2, 0.25) is 0 Å². The zero-order chi connectivity index (χ0) is 14.5. The number of amidine groups is 1. The van der Waals surface area contributed by atoms with E-state index >= 15 is 0 Å². The standard InChI is InChI=1S/C14H17N3O3/c1-2-7-17(8-13(15)16-19)14(18)11-9-20-12-6-4-3-5-10(11)12/h3-6,9,19H,2,7-8H2,1H3,(H2,15,16). The van der Waals surface area contributed by atoms with Gasteiger partial charge in [-0.1, -0.05) is 30.3 Å². The molecule has 0 radical (unpaired) electrons. The molecule has 2 aromatic rings. The lowest BCUT2D eigenvalue weighted by molar-refractivity contribution is 0.0779. The largest absolute Gasteiger partial charge is 0.463 e. The highest BCUT2D eigenvalue weighted by atomic mass is 16.4. The number of nitrogens with two attached hydrogens (primary N) is 1. The lowest BCUT2D eigenvalue weighted by Crippen LogP contribution is -2.39. The number of hydrogen-bond acceptors (Lipinski definition) is 4. The average molecular weight is 275 g/mol. The molecule has 1 amide bonds. The number of carbonyl (C=O) groups is 1. The first kappa shape index (κ1) is 13.9. The number of para-hydroxylation sites is 1. The van der Waals surface area contributed by atoms with E-state index in [2.05, 4.69) is 5.16 Å². The monoisotopic (exact) mass is 275 g/mol. The molecule has 2 rings (SSSR count). The SMILES string of the molecule is CCCN(CC(N)=NO)C(=O)c1coc2ccccc12. The van der Waals surface area contributed by atoms with E-state index in [1.54, 1.807) is 6.07 Å². The molecule has 0 bridgehead atoms. The molecule has 6 nitrogen and oxygen atoms in total. The van der Waals surface area contributed by atoms with Gasteiger partial charge in [-0.15, -0.1) is 0 Å². The van der Waals surface area contributed by atoms with Gasteiger partial charge in [0.25, 0.3) is 5.91 Å². The van der Waals surface area contributed by atoms with E-state index in [4.69, 9.17) is 15.4 Å². The molecule has 0 atom stereocenters. The van der Waals surface area contributed by atoms with Gasteiger partial charge >= 0.3 is 0 Å². The Morgan fingerprint density at radius 2 is 2.20 bits per heavy atom. The Hall–Kier alpha value is -2.50. The molecule has 0 unspecified atom stereocenters. The Kier molecular flexibility index (Phi) is 4.24. The smallest absolute Gasteiger partial charge is 0.258 e. The number of rotatable bonds is 5. The fourth-order valence-corrected chi connectivity index (χ4v) is 2.06. The van der Waals surface area contributed by atoms with Crippen LogP contribution in [-0.4, -0.2) is 34.9 Å². The molecule has 6 heteroatoms. The lowest BCUT2D eigenvalue weighted by atomic mass is 10.1. The summed E-state index contributed by atoms with van der Waals surface area (Å²) in [4.78, 5) is 14.1. The molecule has 1 aromatic carbocycles. The molecule has 0 aliphatic rings. The van der Waals surface area contributed by atoms with Crippen molar-refractivity contribution in [2.24, 2.45) is 10.9 Å². The van der Waals surface area contributed by atoms with Crippen LogP contribution in [0.15, 0.2) is 40.1 Å². The van der Waals surface area contributed by atoms with Crippen LogP contribution < -0.4 is 5.73 Å². The van der Waals surface area contributed by atoms with Gasteiger partial charge in [-0.25, -0.2) is 0 Å². The number of oxime groups is 1. The maximum absolute atomic E-state index is 12.5. The first-order valence-electron chi connectivity index (χ1n) is 6.39. The van der Waals surface area contributed by atoms with Crippen molar-refractivity contribution in [3.8, 4) is 0 Å². The van der Waals surface area contributed by atoms with Gasteiger partial charge in [-0.3, -0.25) is 4.79 Å². The second-order valence-electron chi connectivity index (χ2n) is 4.46. The predicted octanol–water partition coefficient (Wildman–Crippen LogP) is 2.03. The number of amides is 1. The van der Waals surface area contributed by atoms with E-state index in [0.29, 0.717) is 17.7 Å². The lowest BCUT2D eigenvalue weighted by Gasteiger charge is -2.20. The number of benzene rings is 1. The van der Waals surface area contributed by atoms with Gasteiger partial charge in [0, 0.05) is 11.9 Å². The number of furan rings is 1. The van der Waals surface area contributed by atoms with E-state index in [1.807, 2.05) is 25.1 Å². The van der Waals surface area contributed by atoms with E-state index in [0.717, 1.165) is 11.8 Å². The summed E-state index contributed by atoms with van der Waals surface area (Å²) in [5.41, 5.74) is 6.64. The summed E-state index contributed by atoms with van der Waals surface area (Å²) in [6, 6.07) is 7.34. The van der Waals surface area contributed by atoms with Gasteiger partial charge in [-0.05, 0) is 12.5 Å². The van der Waals surface area contributed by atoms with Gasteiger partial charge in [-0.2, -0.15) is 0 Å². The summed E-state index contributed by atoms with van der Waals surface area (Å²) in [7, 11) is 0. The van der Waals surface area contributed by atoms with E-state index in [9.17, 15) is 4.79 Å². The highest BCUT2D eigenvalue weighted by Gasteiger charge is 2.20. The van der Waals surface area contributed by atoms with Crippen molar-refractivity contribution in [2.45, 2.75) is 13.3 Å². The molecule has 0 fully saturated rings. The number of hydrogen-bond donors (Lipinski definition) is 2. The van der Waals surface area contributed by atoms with Gasteiger partial charge < -0.3 is 20.3 Å². The minimum atomic E-state index is -0.191. The molecule has 20 heavy (non-hydrogen) atoms. The molecule has 0 aliphatic carbocycles. The topological polar surface area (TPSA) is 92.1 Å². The van der Waals surface area contributed by atoms with E-state index < -0.39 is 0 Å². The van der Waals surface area contributed by atoms with Crippen molar-refractivity contribution >= 4 is 22.7 Å². The minimum Gasteiger partial charge on any atom is -0.463 e.